The van der Waals surface area contributed by atoms with Crippen molar-refractivity contribution in [3.8, 4) is 5.75 Å². The third-order valence-corrected chi connectivity index (χ3v) is 14.2. The van der Waals surface area contributed by atoms with Crippen LogP contribution in [0.4, 0.5) is 56.9 Å². The molecule has 0 fully saturated rings. The molecule has 0 heterocycles. The maximum absolute atomic E-state index is 13.0. The molecule has 0 unspecified atom stereocenters. The summed E-state index contributed by atoms with van der Waals surface area (Å²) in [6.07, 6.45) is 0. The number of phenols is 1. The van der Waals surface area contributed by atoms with E-state index in [0.29, 0.717) is 58.8 Å². The Bertz CT molecular complexity index is 3800. The maximum atomic E-state index is 13.0. The van der Waals surface area contributed by atoms with Crippen molar-refractivity contribution in [3.63, 3.8) is 0 Å². The van der Waals surface area contributed by atoms with Crippen LogP contribution in [0.15, 0.2) is 141 Å². The van der Waals surface area contributed by atoms with Gasteiger partial charge < -0.3 is 27.6 Å². The zero-order valence-corrected chi connectivity index (χ0v) is 39.2. The Morgan fingerprint density at radius 3 is 1.70 bits per heavy atom. The molecule has 0 aliphatic heterocycles. The van der Waals surface area contributed by atoms with Crippen molar-refractivity contribution in [1.82, 2.24) is 0 Å². The molecule has 0 aromatic heterocycles. The van der Waals surface area contributed by atoms with Crippen LogP contribution < -0.4 is 22.5 Å². The van der Waals surface area contributed by atoms with E-state index in [4.69, 9.17) is 21.8 Å². The number of nitrogens with zero attached hydrogens (tertiary/aromatic N) is 6. The van der Waals surface area contributed by atoms with Crippen molar-refractivity contribution < 1.29 is 74.4 Å². The molecule has 0 radical (unpaired) electrons. The van der Waals surface area contributed by atoms with E-state index in [1.54, 1.807) is 43.3 Å². The number of aromatic hydroxyl groups is 1. The van der Waals surface area contributed by atoms with Gasteiger partial charge in [-0.2, -0.15) is 43.9 Å². The molecule has 6 aromatic carbocycles. The molecule has 0 aliphatic rings. The lowest BCUT2D eigenvalue weighted by Crippen LogP contribution is -2.16. The summed E-state index contributed by atoms with van der Waals surface area (Å²) in [5.74, 6) is -2.88. The van der Waals surface area contributed by atoms with Gasteiger partial charge in [-0.3, -0.25) is 23.0 Å². The number of anilines is 4. The number of carbonyl (C=O) groups is 1. The minimum atomic E-state index is -5.43. The molecule has 0 bridgehead atoms. The number of aryl methyl sites for hydroxylation is 1. The van der Waals surface area contributed by atoms with E-state index in [1.165, 1.54) is 24.3 Å². The van der Waals surface area contributed by atoms with Crippen molar-refractivity contribution >= 4 is 124 Å². The molecule has 0 spiro atoms. The van der Waals surface area contributed by atoms with Gasteiger partial charge >= 0.3 is 10.4 Å². The molecule has 0 saturated heterocycles. The summed E-state index contributed by atoms with van der Waals surface area (Å²) in [7, 11) is -25.8. The van der Waals surface area contributed by atoms with Gasteiger partial charge in [0.2, 0.25) is 0 Å². The number of rotatable bonds is 16. The molecular formula is C38H34N10O17S5. The minimum Gasteiger partial charge on any atom is -0.505 e. The third-order valence-electron chi connectivity index (χ3n) is 9.49. The molecule has 0 aliphatic carbocycles. The summed E-state index contributed by atoms with van der Waals surface area (Å²) < 4.78 is 165. The highest BCUT2D eigenvalue weighted by molar-refractivity contribution is 7.91. The van der Waals surface area contributed by atoms with Crippen LogP contribution in [0.1, 0.15) is 15.9 Å². The first-order valence-electron chi connectivity index (χ1n) is 18.9. The summed E-state index contributed by atoms with van der Waals surface area (Å²) in [6, 6.07) is 17.6. The van der Waals surface area contributed by atoms with Gasteiger partial charge in [0.1, 0.15) is 37.4 Å². The highest BCUT2D eigenvalue weighted by Crippen LogP contribution is 2.48. The molecule has 6 aromatic rings. The van der Waals surface area contributed by atoms with Crippen LogP contribution in [0.25, 0.3) is 10.8 Å². The van der Waals surface area contributed by atoms with Gasteiger partial charge in [-0.05, 0) is 109 Å². The fourth-order valence-electron chi connectivity index (χ4n) is 6.08. The number of carbonyl (C=O) groups excluding carboxylic acids is 1. The fraction of sp³-hybridized carbons (Fsp3) is 0.0789. The Kier molecular flexibility index (Phi) is 14.5. The highest BCUT2D eigenvalue weighted by Gasteiger charge is 2.29. The summed E-state index contributed by atoms with van der Waals surface area (Å²) >= 11 is 0. The van der Waals surface area contributed by atoms with Gasteiger partial charge in [0.15, 0.2) is 15.6 Å². The van der Waals surface area contributed by atoms with Gasteiger partial charge in [0, 0.05) is 16.9 Å². The minimum absolute atomic E-state index is 0.0481. The number of nitrogen functional groups attached to an aromatic ring is 3. The number of sulfone groups is 1. The van der Waals surface area contributed by atoms with Crippen LogP contribution in [-0.2, 0) is 54.8 Å². The number of phenolic OH excluding ortho intramolecular Hbond substituents is 1. The summed E-state index contributed by atoms with van der Waals surface area (Å²) in [5, 5.41) is 35.9. The van der Waals surface area contributed by atoms with Crippen molar-refractivity contribution in [2.75, 3.05) is 34.9 Å². The van der Waals surface area contributed by atoms with Crippen LogP contribution in [0.2, 0.25) is 0 Å². The molecule has 0 atom stereocenters. The monoisotopic (exact) mass is 1060 g/mol. The average molecular weight is 1060 g/mol. The highest BCUT2D eigenvalue weighted by atomic mass is 32.3. The summed E-state index contributed by atoms with van der Waals surface area (Å²) in [6.45, 7) is 0.678. The molecular weight excluding hydrogens is 1030 g/mol. The van der Waals surface area contributed by atoms with Gasteiger partial charge in [-0.25, -0.2) is 12.6 Å². The molecule has 27 nitrogen and oxygen atoms in total. The van der Waals surface area contributed by atoms with E-state index in [1.807, 2.05) is 0 Å². The van der Waals surface area contributed by atoms with Gasteiger partial charge in [0.05, 0.1) is 45.4 Å². The fourth-order valence-corrected chi connectivity index (χ4v) is 9.64. The van der Waals surface area contributed by atoms with Gasteiger partial charge in [0.25, 0.3) is 36.3 Å². The van der Waals surface area contributed by atoms with E-state index in [9.17, 15) is 65.6 Å². The Morgan fingerprint density at radius 1 is 0.600 bits per heavy atom. The quantitative estimate of drug-likeness (QED) is 0.0286. The zero-order chi connectivity index (χ0) is 51.7. The Hall–Kier alpha value is -7.40. The predicted molar refractivity (Wildman–Crippen MR) is 249 cm³/mol. The van der Waals surface area contributed by atoms with Crippen molar-refractivity contribution in [1.29, 1.82) is 0 Å². The van der Waals surface area contributed by atoms with Crippen LogP contribution >= 0.6 is 0 Å². The first-order chi connectivity index (χ1) is 32.4. The number of hydrogen-bond acceptors (Lipinski definition) is 22. The SMILES string of the molecule is Cc1cc(N=Nc2ccc(NC(=O)c3ccc(N=Nc4c(S(=O)(=O)O)cc5cc(S(=O)(=O)O)c(N=Nc6ccc(S(=O)(=O)CCOS(=O)(=O)O)cc6S(=O)(=O)O)c(N)c5c4O)cc3)cc2)c(N)cc1N. The molecule has 1 amide bonds. The Morgan fingerprint density at radius 2 is 1.13 bits per heavy atom. The number of nitrogens with two attached hydrogens (primary N) is 3. The second-order valence-electron chi connectivity index (χ2n) is 14.3. The van der Waals surface area contributed by atoms with Crippen LogP contribution in [0.5, 0.6) is 5.75 Å². The van der Waals surface area contributed by atoms with Crippen molar-refractivity contribution in [2.24, 2.45) is 30.7 Å². The molecule has 70 heavy (non-hydrogen) atoms. The molecule has 368 valence electrons. The molecule has 6 rings (SSSR count). The lowest BCUT2D eigenvalue weighted by molar-refractivity contribution is 0.102. The lowest BCUT2D eigenvalue weighted by Gasteiger charge is -2.14. The summed E-state index contributed by atoms with van der Waals surface area (Å²) in [5.41, 5.74) is 17.1. The first kappa shape index (κ1) is 52.0. The van der Waals surface area contributed by atoms with E-state index in [2.05, 4.69) is 40.2 Å². The normalized spacial score (nSPS) is 12.9. The second kappa shape index (κ2) is 19.5. The molecule has 0 saturated carbocycles. The van der Waals surface area contributed by atoms with Crippen LogP contribution in [0.3, 0.4) is 0 Å². The molecule has 12 N–H and O–H groups in total. The zero-order valence-electron chi connectivity index (χ0n) is 35.2. The number of azo groups is 3. The number of benzene rings is 6. The number of amides is 1. The van der Waals surface area contributed by atoms with Crippen molar-refractivity contribution in [2.45, 2.75) is 26.5 Å². The topological polar surface area (TPSA) is 462 Å². The molecule has 32 heteroatoms. The summed E-state index contributed by atoms with van der Waals surface area (Å²) in [4.78, 5) is 8.54. The van der Waals surface area contributed by atoms with E-state index in [-0.39, 0.29) is 11.3 Å². The number of hydrogen-bond donors (Lipinski definition) is 9. The van der Waals surface area contributed by atoms with Gasteiger partial charge in [-0.15, -0.1) is 20.5 Å². The number of fused-ring (bicyclic) bond motifs is 1. The van der Waals surface area contributed by atoms with E-state index < -0.39 is 128 Å². The van der Waals surface area contributed by atoms with Crippen LogP contribution in [-0.4, -0.2) is 83.7 Å². The first-order valence-corrected chi connectivity index (χ1v) is 26.2. The standard InChI is InChI=1S/C38H34N10O17S5/c1-19-14-29(27(40)18-26(19)39)46-43-24-8-6-22(7-9-24)42-38(50)20-2-4-23(5-3-20)44-48-36-32(69(59,60)61)16-21-15-31(68(56,57)58)35(34(41)33(21)37(36)49)47-45-28-11-10-25(17-30(28)67(53,54)55)66(51,52)13-12-65-70(62,63)64/h2-11,14-18,49H,12-13,39-41H2,1H3,(H,42,50)(H,53,54,55)(H,56,57,58)(H,59,60,61)(H,62,63,64). The van der Waals surface area contributed by atoms with Gasteiger partial charge in [-0.1, -0.05) is 0 Å². The second-order valence-corrected chi connectivity index (χ2v) is 21.7. The average Bonchev–Trinajstić information content (AvgIpc) is 3.25. The third kappa shape index (κ3) is 12.2. The lowest BCUT2D eigenvalue weighted by atomic mass is 10.1. The predicted octanol–water partition coefficient (Wildman–Crippen LogP) is 6.43. The Balaban J connectivity index is 1.30. The smallest absolute Gasteiger partial charge is 0.397 e. The largest absolute Gasteiger partial charge is 0.505 e. The van der Waals surface area contributed by atoms with Crippen molar-refractivity contribution in [3.05, 3.63) is 102 Å². The van der Waals surface area contributed by atoms with E-state index >= 15 is 0 Å². The Labute approximate surface area is 396 Å². The maximum Gasteiger partial charge on any atom is 0.397 e. The van der Waals surface area contributed by atoms with Crippen LogP contribution in [0, 0.1) is 6.92 Å². The van der Waals surface area contributed by atoms with E-state index in [0.717, 1.165) is 5.56 Å². The number of nitrogens with one attached hydrogen (secondary N) is 1.